The number of nitrogens with zero attached hydrogens (tertiary/aromatic N) is 2. The molecule has 0 radical (unpaired) electrons. The summed E-state index contributed by atoms with van der Waals surface area (Å²) in [7, 11) is 1.54. The Labute approximate surface area is 252 Å². The Morgan fingerprint density at radius 2 is 1.77 bits per heavy atom. The molecule has 0 spiro atoms. The summed E-state index contributed by atoms with van der Waals surface area (Å²) in [5.74, 6) is 0.722. The van der Waals surface area contributed by atoms with Crippen molar-refractivity contribution < 1.29 is 28.1 Å². The molecule has 0 N–H and O–H groups in total. The molecule has 1 unspecified atom stereocenters. The van der Waals surface area contributed by atoms with Gasteiger partial charge in [0.25, 0.3) is 5.56 Å². The number of rotatable bonds is 10. The van der Waals surface area contributed by atoms with Crippen molar-refractivity contribution in [2.45, 2.75) is 33.4 Å². The van der Waals surface area contributed by atoms with Crippen LogP contribution in [-0.2, 0) is 16.1 Å². The molecule has 2 heterocycles. The van der Waals surface area contributed by atoms with E-state index in [-0.39, 0.29) is 23.6 Å². The van der Waals surface area contributed by atoms with E-state index in [9.17, 15) is 14.0 Å². The Balaban J connectivity index is 1.55. The molecule has 0 saturated carbocycles. The van der Waals surface area contributed by atoms with E-state index in [0.717, 1.165) is 11.1 Å². The third-order valence-corrected chi connectivity index (χ3v) is 7.81. The van der Waals surface area contributed by atoms with Crippen molar-refractivity contribution in [2.24, 2.45) is 4.99 Å². The molecular weight excluding hydrogens is 571 g/mol. The molecule has 3 aromatic carbocycles. The zero-order chi connectivity index (χ0) is 30.5. The van der Waals surface area contributed by atoms with Gasteiger partial charge < -0.3 is 18.9 Å². The topological polar surface area (TPSA) is 88.4 Å². The second-order valence-corrected chi connectivity index (χ2v) is 10.6. The van der Waals surface area contributed by atoms with Crippen LogP contribution >= 0.6 is 11.3 Å². The van der Waals surface area contributed by atoms with Crippen LogP contribution in [0.5, 0.6) is 17.2 Å². The third kappa shape index (κ3) is 6.24. The number of benzene rings is 3. The standard InChI is InChI=1S/C33H31FN2O6S/c1-5-40-30-25(8-7-9-26(30)39-4)29-28(32(38)41-6-2)20(3)35-33-36(29)31(37)27(43-33)18-21-12-16-24(17-13-21)42-19-22-10-14-23(34)15-11-22/h7-18,29H,5-6,19H2,1-4H3/b27-18+. The van der Waals surface area contributed by atoms with Gasteiger partial charge in [-0.05, 0) is 68.3 Å². The zero-order valence-corrected chi connectivity index (χ0v) is 25.1. The van der Waals surface area contributed by atoms with Crippen molar-refractivity contribution in [3.05, 3.63) is 120 Å². The van der Waals surface area contributed by atoms with Crippen molar-refractivity contribution in [1.29, 1.82) is 0 Å². The van der Waals surface area contributed by atoms with E-state index < -0.39 is 12.0 Å². The highest BCUT2D eigenvalue weighted by molar-refractivity contribution is 7.07. The van der Waals surface area contributed by atoms with Crippen molar-refractivity contribution in [2.75, 3.05) is 20.3 Å². The molecule has 0 saturated heterocycles. The van der Waals surface area contributed by atoms with E-state index in [1.165, 1.54) is 28.0 Å². The van der Waals surface area contributed by atoms with Gasteiger partial charge in [0.1, 0.15) is 24.2 Å². The van der Waals surface area contributed by atoms with Gasteiger partial charge in [0.05, 0.1) is 36.1 Å². The summed E-state index contributed by atoms with van der Waals surface area (Å²) in [6, 6.07) is 18.0. The number of fused-ring (bicyclic) bond motifs is 1. The fraction of sp³-hybridized carbons (Fsp3) is 0.242. The number of aromatic nitrogens is 1. The molecule has 222 valence electrons. The Bertz CT molecular complexity index is 1840. The van der Waals surface area contributed by atoms with Crippen LogP contribution in [0.3, 0.4) is 0 Å². The first kappa shape index (κ1) is 29.8. The summed E-state index contributed by atoms with van der Waals surface area (Å²) >= 11 is 1.24. The molecule has 43 heavy (non-hydrogen) atoms. The zero-order valence-electron chi connectivity index (χ0n) is 24.3. The average Bonchev–Trinajstić information content (AvgIpc) is 3.31. The van der Waals surface area contributed by atoms with Gasteiger partial charge >= 0.3 is 5.97 Å². The van der Waals surface area contributed by atoms with E-state index in [4.69, 9.17) is 18.9 Å². The van der Waals surface area contributed by atoms with Gasteiger partial charge in [0.15, 0.2) is 16.3 Å². The molecule has 1 aliphatic rings. The lowest BCUT2D eigenvalue weighted by atomic mass is 9.94. The van der Waals surface area contributed by atoms with Gasteiger partial charge in [-0.2, -0.15) is 0 Å². The largest absolute Gasteiger partial charge is 0.493 e. The first-order chi connectivity index (χ1) is 20.8. The summed E-state index contributed by atoms with van der Waals surface area (Å²) in [4.78, 5) is 32.4. The van der Waals surface area contributed by atoms with E-state index in [1.54, 1.807) is 51.3 Å². The van der Waals surface area contributed by atoms with Crippen molar-refractivity contribution in [1.82, 2.24) is 4.57 Å². The minimum absolute atomic E-state index is 0.173. The molecule has 4 aromatic rings. The molecule has 0 fully saturated rings. The van der Waals surface area contributed by atoms with Crippen LogP contribution in [0.15, 0.2) is 87.8 Å². The average molecular weight is 603 g/mol. The highest BCUT2D eigenvalue weighted by atomic mass is 32.1. The summed E-state index contributed by atoms with van der Waals surface area (Å²) < 4.78 is 37.9. The number of allylic oxidation sites excluding steroid dienone is 1. The first-order valence-electron chi connectivity index (χ1n) is 13.8. The van der Waals surface area contributed by atoms with Crippen LogP contribution < -0.4 is 29.1 Å². The molecule has 5 rings (SSSR count). The van der Waals surface area contributed by atoms with Crippen LogP contribution in [0, 0.1) is 5.82 Å². The number of esters is 1. The molecule has 8 nitrogen and oxygen atoms in total. The Hall–Kier alpha value is -4.70. The highest BCUT2D eigenvalue weighted by Gasteiger charge is 2.36. The van der Waals surface area contributed by atoms with Gasteiger partial charge in [0, 0.05) is 5.56 Å². The second kappa shape index (κ2) is 13.1. The lowest BCUT2D eigenvalue weighted by Crippen LogP contribution is -2.40. The fourth-order valence-electron chi connectivity index (χ4n) is 4.85. The molecule has 10 heteroatoms. The van der Waals surface area contributed by atoms with Crippen molar-refractivity contribution in [3.63, 3.8) is 0 Å². The maximum Gasteiger partial charge on any atom is 0.338 e. The third-order valence-electron chi connectivity index (χ3n) is 6.83. The number of carbonyl (C=O) groups excluding carboxylic acids is 1. The summed E-state index contributed by atoms with van der Waals surface area (Å²) in [5, 5.41) is 0. The van der Waals surface area contributed by atoms with Crippen molar-refractivity contribution >= 4 is 23.4 Å². The minimum atomic E-state index is -0.837. The fourth-order valence-corrected chi connectivity index (χ4v) is 5.90. The molecule has 0 amide bonds. The Kier molecular flexibility index (Phi) is 9.06. The summed E-state index contributed by atoms with van der Waals surface area (Å²) in [6.45, 7) is 6.15. The molecule has 1 aromatic heterocycles. The molecular formula is C33H31FN2O6S. The van der Waals surface area contributed by atoms with E-state index in [0.29, 0.717) is 51.1 Å². The quantitative estimate of drug-likeness (QED) is 0.240. The van der Waals surface area contributed by atoms with Crippen LogP contribution in [0.1, 0.15) is 43.5 Å². The minimum Gasteiger partial charge on any atom is -0.493 e. The number of methoxy groups -OCH3 is 1. The Morgan fingerprint density at radius 1 is 1.02 bits per heavy atom. The highest BCUT2D eigenvalue weighted by Crippen LogP contribution is 2.40. The SMILES string of the molecule is CCOC(=O)C1=C(C)N=c2s/c(=C/c3ccc(OCc4ccc(F)cc4)cc3)c(=O)n2C1c1cccc(OC)c1OCC. The number of ether oxygens (including phenoxy) is 4. The first-order valence-corrected chi connectivity index (χ1v) is 14.6. The smallest absolute Gasteiger partial charge is 0.338 e. The van der Waals surface area contributed by atoms with Crippen LogP contribution in [0.4, 0.5) is 4.39 Å². The predicted molar refractivity (Wildman–Crippen MR) is 162 cm³/mol. The number of halogens is 1. The molecule has 0 bridgehead atoms. The van der Waals surface area contributed by atoms with Crippen LogP contribution in [0.25, 0.3) is 6.08 Å². The van der Waals surface area contributed by atoms with Gasteiger partial charge in [0.2, 0.25) is 0 Å². The maximum absolute atomic E-state index is 14.0. The molecule has 0 aliphatic carbocycles. The van der Waals surface area contributed by atoms with Crippen molar-refractivity contribution in [3.8, 4) is 17.2 Å². The number of carbonyl (C=O) groups is 1. The Morgan fingerprint density at radius 3 is 2.44 bits per heavy atom. The summed E-state index contributed by atoms with van der Waals surface area (Å²) in [6.07, 6.45) is 1.78. The maximum atomic E-state index is 14.0. The van der Waals surface area contributed by atoms with E-state index in [2.05, 4.69) is 4.99 Å². The van der Waals surface area contributed by atoms with Gasteiger partial charge in [-0.25, -0.2) is 14.2 Å². The van der Waals surface area contributed by atoms with Gasteiger partial charge in [-0.15, -0.1) is 0 Å². The number of para-hydroxylation sites is 1. The predicted octanol–water partition coefficient (Wildman–Crippen LogP) is 4.92. The number of hydrogen-bond acceptors (Lipinski definition) is 8. The van der Waals surface area contributed by atoms with Gasteiger partial charge in [-0.1, -0.05) is 47.7 Å². The molecule has 1 atom stereocenters. The lowest BCUT2D eigenvalue weighted by molar-refractivity contribution is -0.139. The second-order valence-electron chi connectivity index (χ2n) is 9.60. The molecule has 1 aliphatic heterocycles. The number of hydrogen-bond donors (Lipinski definition) is 0. The van der Waals surface area contributed by atoms with Crippen LogP contribution in [-0.4, -0.2) is 30.9 Å². The van der Waals surface area contributed by atoms with E-state index in [1.807, 2.05) is 37.3 Å². The number of thiazole rings is 1. The monoisotopic (exact) mass is 602 g/mol. The van der Waals surface area contributed by atoms with Crippen LogP contribution in [0.2, 0.25) is 0 Å². The summed E-state index contributed by atoms with van der Waals surface area (Å²) in [5.41, 5.74) is 2.65. The normalized spacial score (nSPS) is 14.6. The van der Waals surface area contributed by atoms with E-state index >= 15 is 0 Å². The lowest BCUT2D eigenvalue weighted by Gasteiger charge is -2.26. The van der Waals surface area contributed by atoms with Gasteiger partial charge in [-0.3, -0.25) is 9.36 Å².